The molecule has 31 heavy (non-hydrogen) atoms. The van der Waals surface area contributed by atoms with E-state index in [1.54, 1.807) is 42.0 Å². The lowest BCUT2D eigenvalue weighted by Crippen LogP contribution is -2.36. The van der Waals surface area contributed by atoms with Gasteiger partial charge in [0.1, 0.15) is 17.3 Å². The van der Waals surface area contributed by atoms with Crippen molar-refractivity contribution in [3.05, 3.63) is 65.4 Å². The Morgan fingerprint density at radius 2 is 1.84 bits per heavy atom. The van der Waals surface area contributed by atoms with E-state index < -0.39 is 23.7 Å². The van der Waals surface area contributed by atoms with Crippen molar-refractivity contribution in [2.45, 2.75) is 19.9 Å². The van der Waals surface area contributed by atoms with Crippen LogP contribution in [0.3, 0.4) is 0 Å². The maximum atomic E-state index is 13.8. The van der Waals surface area contributed by atoms with Crippen LogP contribution in [-0.4, -0.2) is 68.8 Å². The lowest BCUT2D eigenvalue weighted by Gasteiger charge is -2.28. The number of fused-ring (bicyclic) bond motifs is 1. The number of ketones is 2. The first-order valence-electron chi connectivity index (χ1n) is 10.2. The number of carbonyl (C=O) groups is 3. The molecule has 4 rings (SSSR count). The number of aromatic nitrogens is 3. The van der Waals surface area contributed by atoms with Crippen molar-refractivity contribution >= 4 is 23.1 Å². The van der Waals surface area contributed by atoms with Crippen molar-refractivity contribution < 1.29 is 14.4 Å². The van der Waals surface area contributed by atoms with Crippen molar-refractivity contribution in [1.82, 2.24) is 24.2 Å². The number of rotatable bonds is 6. The normalized spacial score (nSPS) is 19.1. The quantitative estimate of drug-likeness (QED) is 0.344. The molecule has 1 aliphatic heterocycles. The van der Waals surface area contributed by atoms with Crippen LogP contribution in [0.15, 0.2) is 42.9 Å². The third-order valence-corrected chi connectivity index (χ3v) is 5.78. The molecule has 8 nitrogen and oxygen atoms in total. The van der Waals surface area contributed by atoms with E-state index in [0.29, 0.717) is 35.7 Å². The van der Waals surface area contributed by atoms with Crippen LogP contribution in [0.1, 0.15) is 33.4 Å². The topological polar surface area (TPSA) is 87.9 Å². The molecule has 3 aromatic rings. The molecule has 2 unspecified atom stereocenters. The van der Waals surface area contributed by atoms with E-state index in [9.17, 15) is 14.4 Å². The van der Waals surface area contributed by atoms with E-state index in [4.69, 9.17) is 0 Å². The van der Waals surface area contributed by atoms with Gasteiger partial charge in [0, 0.05) is 31.7 Å². The predicted octanol–water partition coefficient (Wildman–Crippen LogP) is 1.86. The van der Waals surface area contributed by atoms with Crippen LogP contribution >= 0.6 is 0 Å². The first kappa shape index (κ1) is 20.9. The molecule has 0 N–H and O–H groups in total. The van der Waals surface area contributed by atoms with Gasteiger partial charge in [-0.25, -0.2) is 4.98 Å². The average Bonchev–Trinajstić information content (AvgIpc) is 3.21. The summed E-state index contributed by atoms with van der Waals surface area (Å²) in [7, 11) is 3.80. The van der Waals surface area contributed by atoms with Gasteiger partial charge in [-0.2, -0.15) is 0 Å². The van der Waals surface area contributed by atoms with Gasteiger partial charge in [-0.15, -0.1) is 0 Å². The second-order valence-corrected chi connectivity index (χ2v) is 8.16. The number of hydrogen-bond acceptors (Lipinski definition) is 6. The molecule has 1 fully saturated rings. The number of carbonyl (C=O) groups excluding carboxylic acids is 3. The fourth-order valence-electron chi connectivity index (χ4n) is 4.23. The fourth-order valence-corrected chi connectivity index (χ4v) is 4.23. The molecule has 3 aromatic heterocycles. The number of likely N-dealkylation sites (tertiary alicyclic amines) is 1. The van der Waals surface area contributed by atoms with Gasteiger partial charge in [-0.1, -0.05) is 6.07 Å². The van der Waals surface area contributed by atoms with Gasteiger partial charge in [-0.05, 0) is 57.3 Å². The molecule has 0 spiro atoms. The SMILES string of the molecule is Cc1nc2c(C)cccn2c1C(=O)C1C(=O)C(=O)N(CCN(C)C)C1c1ccncc1. The zero-order valence-electron chi connectivity index (χ0n) is 18.1. The molecule has 0 aliphatic carbocycles. The van der Waals surface area contributed by atoms with E-state index in [1.165, 1.54) is 4.90 Å². The van der Waals surface area contributed by atoms with E-state index in [2.05, 4.69) is 9.97 Å². The highest BCUT2D eigenvalue weighted by Crippen LogP contribution is 2.38. The molecular weight excluding hydrogens is 394 g/mol. The first-order valence-corrected chi connectivity index (χ1v) is 10.2. The van der Waals surface area contributed by atoms with Gasteiger partial charge in [-0.3, -0.25) is 23.8 Å². The molecule has 8 heteroatoms. The summed E-state index contributed by atoms with van der Waals surface area (Å²) in [5.41, 5.74) is 3.20. The molecule has 1 aliphatic rings. The van der Waals surface area contributed by atoms with Gasteiger partial charge >= 0.3 is 0 Å². The van der Waals surface area contributed by atoms with Crippen LogP contribution in [0.5, 0.6) is 0 Å². The Hall–Kier alpha value is -3.39. The highest BCUT2D eigenvalue weighted by Gasteiger charge is 2.52. The number of nitrogens with zero attached hydrogens (tertiary/aromatic N) is 5. The van der Waals surface area contributed by atoms with Gasteiger partial charge < -0.3 is 9.80 Å². The second-order valence-electron chi connectivity index (χ2n) is 8.16. The largest absolute Gasteiger partial charge is 0.327 e. The molecule has 1 amide bonds. The van der Waals surface area contributed by atoms with Crippen LogP contribution < -0.4 is 0 Å². The first-order chi connectivity index (χ1) is 14.8. The molecule has 0 aromatic carbocycles. The Morgan fingerprint density at radius 3 is 2.52 bits per heavy atom. The van der Waals surface area contributed by atoms with E-state index in [1.807, 2.05) is 38.1 Å². The molecular formula is C23H25N5O3. The fraction of sp³-hybridized carbons (Fsp3) is 0.348. The van der Waals surface area contributed by atoms with Gasteiger partial charge in [0.25, 0.3) is 5.91 Å². The smallest absolute Gasteiger partial charge is 0.291 e. The van der Waals surface area contributed by atoms with Crippen molar-refractivity contribution in [2.75, 3.05) is 27.2 Å². The molecule has 2 atom stereocenters. The highest BCUT2D eigenvalue weighted by molar-refractivity contribution is 6.44. The third kappa shape index (κ3) is 3.53. The van der Waals surface area contributed by atoms with Crippen molar-refractivity contribution in [3.63, 3.8) is 0 Å². The Labute approximate surface area is 180 Å². The number of imidazole rings is 1. The van der Waals surface area contributed by atoms with Crippen LogP contribution in [-0.2, 0) is 9.59 Å². The summed E-state index contributed by atoms with van der Waals surface area (Å²) in [5, 5.41) is 0. The van der Waals surface area contributed by atoms with Crippen molar-refractivity contribution in [3.8, 4) is 0 Å². The Kier molecular flexibility index (Phi) is 5.41. The monoisotopic (exact) mass is 419 g/mol. The van der Waals surface area contributed by atoms with Gasteiger partial charge in [0.15, 0.2) is 5.78 Å². The minimum absolute atomic E-state index is 0.346. The molecule has 0 saturated carbocycles. The van der Waals surface area contributed by atoms with Crippen LogP contribution in [0, 0.1) is 19.8 Å². The third-order valence-electron chi connectivity index (χ3n) is 5.78. The minimum Gasteiger partial charge on any atom is -0.327 e. The molecule has 0 radical (unpaired) electrons. The van der Waals surface area contributed by atoms with Crippen LogP contribution in [0.4, 0.5) is 0 Å². The standard InChI is InChI=1S/C23H25N5O3/c1-14-6-5-11-27-18(15(2)25-22(14)27)20(29)17-19(16-7-9-24-10-8-16)28(13-12-26(3)4)23(31)21(17)30/h5-11,17,19H,12-13H2,1-4H3. The van der Waals surface area contributed by atoms with E-state index in [-0.39, 0.29) is 5.78 Å². The molecule has 160 valence electrons. The number of pyridine rings is 2. The Morgan fingerprint density at radius 1 is 1.13 bits per heavy atom. The Balaban J connectivity index is 1.83. The summed E-state index contributed by atoms with van der Waals surface area (Å²) < 4.78 is 1.72. The highest BCUT2D eigenvalue weighted by atomic mass is 16.2. The van der Waals surface area contributed by atoms with Gasteiger partial charge in [0.2, 0.25) is 5.78 Å². The average molecular weight is 419 g/mol. The summed E-state index contributed by atoms with van der Waals surface area (Å²) >= 11 is 0. The Bertz CT molecular complexity index is 1170. The number of Topliss-reactive ketones (excluding diaryl/α,β-unsaturated/α-hetero) is 2. The number of aryl methyl sites for hydroxylation is 2. The van der Waals surface area contributed by atoms with Crippen LogP contribution in [0.2, 0.25) is 0 Å². The predicted molar refractivity (Wildman–Crippen MR) is 115 cm³/mol. The van der Waals surface area contributed by atoms with Crippen molar-refractivity contribution in [2.24, 2.45) is 5.92 Å². The van der Waals surface area contributed by atoms with Crippen molar-refractivity contribution in [1.29, 1.82) is 0 Å². The van der Waals surface area contributed by atoms with Gasteiger partial charge in [0.05, 0.1) is 11.7 Å². The number of hydrogen-bond donors (Lipinski definition) is 0. The summed E-state index contributed by atoms with van der Waals surface area (Å²) in [5.74, 6) is -2.81. The maximum Gasteiger partial charge on any atom is 0.291 e. The summed E-state index contributed by atoms with van der Waals surface area (Å²) in [6, 6.07) is 6.59. The zero-order valence-corrected chi connectivity index (χ0v) is 18.1. The maximum absolute atomic E-state index is 13.8. The molecule has 1 saturated heterocycles. The lowest BCUT2D eigenvalue weighted by atomic mass is 9.88. The molecule has 0 bridgehead atoms. The minimum atomic E-state index is -1.13. The summed E-state index contributed by atoms with van der Waals surface area (Å²) in [6.45, 7) is 4.60. The lowest BCUT2D eigenvalue weighted by molar-refractivity contribution is -0.140. The number of likely N-dealkylation sites (N-methyl/N-ethyl adjacent to an activating group) is 1. The van der Waals surface area contributed by atoms with Crippen LogP contribution in [0.25, 0.3) is 5.65 Å². The van der Waals surface area contributed by atoms with E-state index >= 15 is 0 Å². The number of amides is 1. The zero-order chi connectivity index (χ0) is 22.3. The summed E-state index contributed by atoms with van der Waals surface area (Å²) in [4.78, 5) is 51.9. The molecule has 4 heterocycles. The summed E-state index contributed by atoms with van der Waals surface area (Å²) in [6.07, 6.45) is 4.98. The van der Waals surface area contributed by atoms with E-state index in [0.717, 1.165) is 5.56 Å². The second kappa shape index (κ2) is 8.03.